The molecule has 0 atom stereocenters. The van der Waals surface area contributed by atoms with Crippen molar-refractivity contribution in [2.75, 3.05) is 7.11 Å². The first-order valence-electron chi connectivity index (χ1n) is 6.35. The van der Waals surface area contributed by atoms with Crippen molar-refractivity contribution in [2.24, 2.45) is 0 Å². The van der Waals surface area contributed by atoms with Crippen LogP contribution in [-0.4, -0.2) is 18.1 Å². The van der Waals surface area contributed by atoms with Gasteiger partial charge in [0.05, 0.1) is 7.11 Å². The zero-order valence-electron chi connectivity index (χ0n) is 12.2. The Balaban J connectivity index is 0.000000351. The van der Waals surface area contributed by atoms with Crippen LogP contribution in [0.4, 0.5) is 26.3 Å². The molecule has 9 heteroatoms. The van der Waals surface area contributed by atoms with Crippen LogP contribution in [0.3, 0.4) is 0 Å². The molecule has 0 aliphatic rings. The van der Waals surface area contributed by atoms with Crippen molar-refractivity contribution < 1.29 is 30.5 Å². The molecular weight excluding hydrogens is 374 g/mol. The highest BCUT2D eigenvalue weighted by Gasteiger charge is 2.40. The summed E-state index contributed by atoms with van der Waals surface area (Å²) in [5.41, 5.74) is -7.02. The quantitative estimate of drug-likeness (QED) is 0.283. The second-order valence-corrected chi connectivity index (χ2v) is 6.33. The Hall–Kier alpha value is -1.32. The van der Waals surface area contributed by atoms with Crippen molar-refractivity contribution in [2.45, 2.75) is 15.9 Å². The van der Waals surface area contributed by atoms with Crippen molar-refractivity contribution in [3.05, 3.63) is 54.6 Å². The van der Waals surface area contributed by atoms with E-state index < -0.39 is 34.8 Å². The summed E-state index contributed by atoms with van der Waals surface area (Å²) in [4.78, 5) is 0.284. The summed E-state index contributed by atoms with van der Waals surface area (Å²) in [5, 5.41) is 0. The summed E-state index contributed by atoms with van der Waals surface area (Å²) >= 11 is -1.13. The lowest BCUT2D eigenvalue weighted by Gasteiger charge is -2.04. The highest BCUT2D eigenvalue weighted by molar-refractivity contribution is 7.95. The molecule has 2 aromatic carbocycles. The molecule has 24 heavy (non-hydrogen) atoms. The Bertz CT molecular complexity index is 613. The lowest BCUT2D eigenvalue weighted by atomic mass is 10.1. The Morgan fingerprint density at radius 2 is 1.38 bits per heavy atom. The van der Waals surface area contributed by atoms with E-state index in [1.165, 1.54) is 6.07 Å². The second kappa shape index (κ2) is 9.24. The minimum absolute atomic E-state index is 0.284. The zero-order valence-corrected chi connectivity index (χ0v) is 13.9. The van der Waals surface area contributed by atoms with Gasteiger partial charge in [-0.2, -0.15) is 13.2 Å². The summed E-state index contributed by atoms with van der Waals surface area (Å²) in [5.74, 6) is 0. The summed E-state index contributed by atoms with van der Waals surface area (Å²) in [6.45, 7) is 0. The van der Waals surface area contributed by atoms with E-state index in [-0.39, 0.29) is 4.90 Å². The Labute approximate surface area is 143 Å². The Morgan fingerprint density at radius 3 is 1.83 bits per heavy atom. The van der Waals surface area contributed by atoms with Gasteiger partial charge in [-0.25, -0.2) is 0 Å². The number of benzene rings is 2. The van der Waals surface area contributed by atoms with E-state index in [1.807, 2.05) is 30.3 Å². The fraction of sp³-hybridized carbons (Fsp3) is 0.200. The second-order valence-electron chi connectivity index (χ2n) is 4.16. The molecule has 132 valence electrons. The van der Waals surface area contributed by atoms with Crippen LogP contribution >= 0.6 is 12.0 Å². The van der Waals surface area contributed by atoms with Crippen LogP contribution < -0.4 is 0 Å². The summed E-state index contributed by atoms with van der Waals surface area (Å²) in [6.07, 6.45) is 0. The monoisotopic (exact) mass is 387 g/mol. The molecule has 0 aliphatic heterocycles. The summed E-state index contributed by atoms with van der Waals surface area (Å²) < 4.78 is 73.7. The van der Waals surface area contributed by atoms with Crippen LogP contribution in [0.5, 0.6) is 0 Å². The molecule has 2 aromatic rings. The molecule has 0 saturated heterocycles. The maximum atomic E-state index is 12.4. The van der Waals surface area contributed by atoms with E-state index in [9.17, 15) is 26.3 Å². The van der Waals surface area contributed by atoms with Gasteiger partial charge >= 0.3 is 11.0 Å². The van der Waals surface area contributed by atoms with Gasteiger partial charge in [0.1, 0.15) is 23.8 Å². The average molecular weight is 387 g/mol. The van der Waals surface area contributed by atoms with Crippen molar-refractivity contribution >= 4 is 23.8 Å². The first-order chi connectivity index (χ1) is 11.1. The van der Waals surface area contributed by atoms with Crippen molar-refractivity contribution in [1.29, 1.82) is 0 Å². The molecule has 0 spiro atoms. The molecule has 0 aromatic heterocycles. The standard InChI is InChI=1S/C13H9F3S.C2H3F3OS/c14-13(15,16)17-12-9-5-4-8-11(12)10-6-2-1-3-7-10;1-6-7-2(3,4)5/h1-9H;1H3/p+1. The van der Waals surface area contributed by atoms with E-state index in [0.29, 0.717) is 5.56 Å². The third kappa shape index (κ3) is 8.51. The minimum atomic E-state index is -4.26. The van der Waals surface area contributed by atoms with Gasteiger partial charge in [-0.3, -0.25) is 0 Å². The van der Waals surface area contributed by atoms with E-state index in [2.05, 4.69) is 4.18 Å². The normalized spacial score (nSPS) is 11.6. The largest absolute Gasteiger partial charge is 0.578 e. The molecule has 1 nitrogen and oxygen atoms in total. The number of hydrogen-bond donors (Lipinski definition) is 0. The molecule has 0 saturated carbocycles. The van der Waals surface area contributed by atoms with Gasteiger partial charge in [0.25, 0.3) is 0 Å². The lowest BCUT2D eigenvalue weighted by molar-refractivity contribution is -0.0388. The average Bonchev–Trinajstić information content (AvgIpc) is 2.46. The molecule has 0 radical (unpaired) electrons. The lowest BCUT2D eigenvalue weighted by Crippen LogP contribution is -2.10. The van der Waals surface area contributed by atoms with E-state index in [1.54, 1.807) is 18.2 Å². The number of rotatable bonds is 3. The van der Waals surface area contributed by atoms with Crippen LogP contribution in [0.25, 0.3) is 11.1 Å². The van der Waals surface area contributed by atoms with Crippen LogP contribution in [0, 0.1) is 0 Å². The van der Waals surface area contributed by atoms with E-state index in [4.69, 9.17) is 0 Å². The molecule has 0 amide bonds. The van der Waals surface area contributed by atoms with Gasteiger partial charge in [0, 0.05) is 5.56 Å². The minimum Gasteiger partial charge on any atom is -0.311 e. The van der Waals surface area contributed by atoms with Crippen LogP contribution in [-0.2, 0) is 15.9 Å². The van der Waals surface area contributed by atoms with Gasteiger partial charge in [-0.1, -0.05) is 42.5 Å². The molecular formula is C15H13F6OS2+. The predicted octanol–water partition coefficient (Wildman–Crippen LogP) is 5.85. The van der Waals surface area contributed by atoms with E-state index in [0.717, 1.165) is 12.7 Å². The highest BCUT2D eigenvalue weighted by Crippen LogP contribution is 2.31. The SMILES string of the molecule is COSC(F)(F)F.FC(F)(F)[SH+]c1ccccc1-c1ccccc1. The molecule has 0 heterocycles. The topological polar surface area (TPSA) is 9.23 Å². The van der Waals surface area contributed by atoms with Gasteiger partial charge in [0.2, 0.25) is 0 Å². The number of hydrogen-bond acceptors (Lipinski definition) is 2. The van der Waals surface area contributed by atoms with Crippen molar-refractivity contribution in [1.82, 2.24) is 0 Å². The molecule has 0 bridgehead atoms. The fourth-order valence-electron chi connectivity index (χ4n) is 1.66. The predicted molar refractivity (Wildman–Crippen MR) is 85.6 cm³/mol. The molecule has 0 fully saturated rings. The summed E-state index contributed by atoms with van der Waals surface area (Å²) in [6, 6.07) is 15.7. The summed E-state index contributed by atoms with van der Waals surface area (Å²) in [7, 11) is 0.970. The smallest absolute Gasteiger partial charge is 0.311 e. The van der Waals surface area contributed by atoms with Gasteiger partial charge in [-0.05, 0) is 17.7 Å². The van der Waals surface area contributed by atoms with Crippen LogP contribution in [0.15, 0.2) is 59.5 Å². The van der Waals surface area contributed by atoms with Crippen molar-refractivity contribution in [3.63, 3.8) is 0 Å². The fourth-order valence-corrected chi connectivity index (χ4v) is 2.61. The number of alkyl halides is 6. The third-order valence-electron chi connectivity index (χ3n) is 2.41. The first kappa shape index (κ1) is 20.7. The molecule has 0 N–H and O–H groups in total. The number of thiol groups is 1. The highest BCUT2D eigenvalue weighted by atomic mass is 32.2. The maximum Gasteiger partial charge on any atom is 0.578 e. The maximum absolute atomic E-state index is 12.4. The van der Waals surface area contributed by atoms with Crippen molar-refractivity contribution in [3.8, 4) is 11.1 Å². The number of halogens is 6. The van der Waals surface area contributed by atoms with E-state index >= 15 is 0 Å². The molecule has 0 aliphatic carbocycles. The third-order valence-corrected chi connectivity index (χ3v) is 3.65. The first-order valence-corrected chi connectivity index (χ1v) is 7.98. The van der Waals surface area contributed by atoms with Gasteiger partial charge in [-0.15, -0.1) is 13.2 Å². The van der Waals surface area contributed by atoms with Crippen LogP contribution in [0.2, 0.25) is 0 Å². The molecule has 0 unspecified atom stereocenters. The van der Waals surface area contributed by atoms with Crippen LogP contribution in [0.1, 0.15) is 0 Å². The van der Waals surface area contributed by atoms with Gasteiger partial charge in [0.15, 0.2) is 4.90 Å². The Morgan fingerprint density at radius 1 is 0.833 bits per heavy atom. The zero-order chi connectivity index (χ0) is 18.2. The van der Waals surface area contributed by atoms with Gasteiger partial charge < -0.3 is 4.18 Å². The molecule has 2 rings (SSSR count). The Kier molecular flexibility index (Phi) is 7.98.